The summed E-state index contributed by atoms with van der Waals surface area (Å²) in [6, 6.07) is 12.5. The van der Waals surface area contributed by atoms with Gasteiger partial charge in [0.1, 0.15) is 5.75 Å². The molecule has 0 aliphatic carbocycles. The summed E-state index contributed by atoms with van der Waals surface area (Å²) in [6.45, 7) is 0. The minimum Gasteiger partial charge on any atom is -0.455 e. The van der Waals surface area contributed by atoms with Crippen LogP contribution in [0.1, 0.15) is 11.3 Å². The van der Waals surface area contributed by atoms with E-state index in [1.807, 2.05) is 12.1 Å². The lowest BCUT2D eigenvalue weighted by Gasteiger charge is -2.04. The summed E-state index contributed by atoms with van der Waals surface area (Å²) in [4.78, 5) is 0. The highest BCUT2D eigenvalue weighted by molar-refractivity contribution is 7.31. The number of rotatable bonds is 0. The van der Waals surface area contributed by atoms with Gasteiger partial charge in [0, 0.05) is 23.9 Å². The molecule has 0 radical (unpaired) electrons. The van der Waals surface area contributed by atoms with Crippen LogP contribution >= 0.6 is 8.96 Å². The molecule has 0 amide bonds. The third kappa shape index (κ3) is 1.23. The largest absolute Gasteiger partial charge is 0.455 e. The molecular formula is C11H10NOP. The highest BCUT2D eigenvalue weighted by Gasteiger charge is 2.12. The average molecular weight is 203 g/mol. The number of para-hydroxylation sites is 1. The van der Waals surface area contributed by atoms with Crippen LogP contribution in [-0.2, 0) is 6.42 Å². The molecule has 14 heavy (non-hydrogen) atoms. The van der Waals surface area contributed by atoms with E-state index in [1.165, 1.54) is 11.3 Å². The maximum atomic E-state index is 5.72. The van der Waals surface area contributed by atoms with Gasteiger partial charge in [-0.1, -0.05) is 18.2 Å². The Bertz CT molecular complexity index is 464. The van der Waals surface area contributed by atoms with Gasteiger partial charge < -0.3 is 8.86 Å². The van der Waals surface area contributed by atoms with Crippen molar-refractivity contribution in [2.45, 2.75) is 6.42 Å². The predicted octanol–water partition coefficient (Wildman–Crippen LogP) is 2.83. The van der Waals surface area contributed by atoms with E-state index in [0.717, 1.165) is 12.2 Å². The molecule has 1 unspecified atom stereocenters. The van der Waals surface area contributed by atoms with Gasteiger partial charge in [-0.25, -0.2) is 0 Å². The normalized spacial score (nSPS) is 15.4. The third-order valence-electron chi connectivity index (χ3n) is 2.43. The van der Waals surface area contributed by atoms with E-state index in [-0.39, 0.29) is 0 Å². The fourth-order valence-electron chi connectivity index (χ4n) is 1.69. The van der Waals surface area contributed by atoms with Crippen LogP contribution < -0.4 is 4.52 Å². The first-order valence-electron chi connectivity index (χ1n) is 4.60. The number of nitrogens with zero attached hydrogens (tertiary/aromatic N) is 1. The van der Waals surface area contributed by atoms with Crippen molar-refractivity contribution in [2.75, 3.05) is 0 Å². The summed E-state index contributed by atoms with van der Waals surface area (Å²) in [5, 5.41) is 0. The van der Waals surface area contributed by atoms with Gasteiger partial charge in [0.05, 0.1) is 0 Å². The van der Waals surface area contributed by atoms with E-state index in [0.29, 0.717) is 8.96 Å². The first kappa shape index (κ1) is 8.07. The van der Waals surface area contributed by atoms with Crippen molar-refractivity contribution < 1.29 is 4.52 Å². The van der Waals surface area contributed by atoms with Crippen LogP contribution in [0.25, 0.3) is 0 Å². The van der Waals surface area contributed by atoms with Gasteiger partial charge in [0.25, 0.3) is 0 Å². The zero-order valence-corrected chi connectivity index (χ0v) is 8.60. The molecule has 1 aromatic carbocycles. The standard InChI is InChI=1S/C11H10NOP/c1-2-6-11-9(4-1)8-10-5-3-7-12(10)14-13-11/h1-7,14H,8H2. The average Bonchev–Trinajstić information content (AvgIpc) is 2.58. The van der Waals surface area contributed by atoms with Gasteiger partial charge in [-0.05, 0) is 18.2 Å². The van der Waals surface area contributed by atoms with Crippen LogP contribution in [0, 0.1) is 0 Å². The Labute approximate surface area is 84.4 Å². The maximum absolute atomic E-state index is 5.72. The molecule has 0 saturated heterocycles. The highest BCUT2D eigenvalue weighted by Crippen LogP contribution is 2.33. The molecule has 1 aromatic heterocycles. The molecule has 1 atom stereocenters. The molecule has 0 saturated carbocycles. The molecule has 1 aliphatic rings. The Morgan fingerprint density at radius 3 is 3.07 bits per heavy atom. The molecule has 0 fully saturated rings. The molecule has 3 rings (SSSR count). The van der Waals surface area contributed by atoms with Gasteiger partial charge in [-0.2, -0.15) is 0 Å². The topological polar surface area (TPSA) is 14.2 Å². The lowest BCUT2D eigenvalue weighted by molar-refractivity contribution is 0.622. The maximum Gasteiger partial charge on any atom is 0.181 e. The summed E-state index contributed by atoms with van der Waals surface area (Å²) in [5.74, 6) is 1.02. The molecule has 2 aromatic rings. The van der Waals surface area contributed by atoms with E-state index in [9.17, 15) is 0 Å². The fraction of sp³-hybridized carbons (Fsp3) is 0.0909. The molecule has 3 heteroatoms. The number of fused-ring (bicyclic) bond motifs is 2. The van der Waals surface area contributed by atoms with Crippen molar-refractivity contribution in [1.29, 1.82) is 0 Å². The Hall–Kier alpha value is -1.27. The van der Waals surface area contributed by atoms with E-state index in [2.05, 4.69) is 34.8 Å². The lowest BCUT2D eigenvalue weighted by atomic mass is 10.1. The Morgan fingerprint density at radius 2 is 2.07 bits per heavy atom. The van der Waals surface area contributed by atoms with Crippen LogP contribution in [0.3, 0.4) is 0 Å². The van der Waals surface area contributed by atoms with Crippen molar-refractivity contribution >= 4 is 8.96 Å². The molecule has 2 nitrogen and oxygen atoms in total. The van der Waals surface area contributed by atoms with E-state index in [1.54, 1.807) is 0 Å². The van der Waals surface area contributed by atoms with Crippen LogP contribution in [0.5, 0.6) is 5.75 Å². The Morgan fingerprint density at radius 1 is 1.14 bits per heavy atom. The molecular weight excluding hydrogens is 193 g/mol. The minimum absolute atomic E-state index is 0.374. The molecule has 70 valence electrons. The molecule has 0 bridgehead atoms. The lowest BCUT2D eigenvalue weighted by Crippen LogP contribution is -1.89. The smallest absolute Gasteiger partial charge is 0.181 e. The molecule has 2 heterocycles. The second-order valence-electron chi connectivity index (χ2n) is 3.35. The quantitative estimate of drug-likeness (QED) is 0.600. The van der Waals surface area contributed by atoms with Gasteiger partial charge in [0.2, 0.25) is 0 Å². The summed E-state index contributed by atoms with van der Waals surface area (Å²) < 4.78 is 7.89. The van der Waals surface area contributed by atoms with Gasteiger partial charge >= 0.3 is 0 Å². The fourth-order valence-corrected chi connectivity index (χ4v) is 2.51. The Balaban J connectivity index is 2.10. The van der Waals surface area contributed by atoms with Crippen molar-refractivity contribution in [3.05, 3.63) is 53.9 Å². The minimum atomic E-state index is 0.374. The van der Waals surface area contributed by atoms with Crippen molar-refractivity contribution in [2.24, 2.45) is 0 Å². The SMILES string of the molecule is c1ccc2c(c1)Cc1cccn1PO2. The van der Waals surface area contributed by atoms with E-state index < -0.39 is 0 Å². The highest BCUT2D eigenvalue weighted by atomic mass is 31.1. The summed E-state index contributed by atoms with van der Waals surface area (Å²) in [6.07, 6.45) is 3.04. The number of aromatic nitrogens is 1. The second-order valence-corrected chi connectivity index (χ2v) is 4.22. The first-order valence-corrected chi connectivity index (χ1v) is 5.46. The van der Waals surface area contributed by atoms with Crippen LogP contribution in [0.2, 0.25) is 0 Å². The van der Waals surface area contributed by atoms with Gasteiger partial charge in [-0.15, -0.1) is 0 Å². The third-order valence-corrected chi connectivity index (χ3v) is 3.38. The summed E-state index contributed by atoms with van der Waals surface area (Å²) >= 11 is 0. The van der Waals surface area contributed by atoms with Gasteiger partial charge in [-0.3, -0.25) is 0 Å². The second kappa shape index (κ2) is 3.14. The van der Waals surface area contributed by atoms with Crippen LogP contribution in [-0.4, -0.2) is 4.34 Å². The number of hydrogen-bond donors (Lipinski definition) is 0. The first-order chi connectivity index (χ1) is 6.93. The van der Waals surface area contributed by atoms with Crippen LogP contribution in [0.15, 0.2) is 42.6 Å². The van der Waals surface area contributed by atoms with Gasteiger partial charge in [0.15, 0.2) is 8.96 Å². The van der Waals surface area contributed by atoms with Crippen molar-refractivity contribution in [3.8, 4) is 5.75 Å². The molecule has 0 N–H and O–H groups in total. The van der Waals surface area contributed by atoms with Crippen molar-refractivity contribution in [1.82, 2.24) is 4.34 Å². The zero-order valence-electron chi connectivity index (χ0n) is 7.60. The van der Waals surface area contributed by atoms with Crippen LogP contribution in [0.4, 0.5) is 0 Å². The Kier molecular flexibility index (Phi) is 1.81. The molecule has 0 spiro atoms. The van der Waals surface area contributed by atoms with E-state index in [4.69, 9.17) is 4.52 Å². The zero-order chi connectivity index (χ0) is 9.38. The monoisotopic (exact) mass is 203 g/mol. The summed E-state index contributed by atoms with van der Waals surface area (Å²) in [7, 11) is 0.374. The van der Waals surface area contributed by atoms with E-state index >= 15 is 0 Å². The number of hydrogen-bond acceptors (Lipinski definition) is 1. The predicted molar refractivity (Wildman–Crippen MR) is 58.0 cm³/mol. The van der Waals surface area contributed by atoms with Crippen molar-refractivity contribution in [3.63, 3.8) is 0 Å². The number of benzene rings is 1. The summed E-state index contributed by atoms with van der Waals surface area (Å²) in [5.41, 5.74) is 2.60. The molecule has 1 aliphatic heterocycles.